The van der Waals surface area contributed by atoms with Gasteiger partial charge in [0.1, 0.15) is 5.82 Å². The molecule has 0 aliphatic carbocycles. The molecule has 112 valence electrons. The molecule has 2 aromatic rings. The SMILES string of the molecule is Cc1nc(C)c(C(=O)N[C@@H](C)c2cc(Cl)cc(Cl)c2F)o1. The Labute approximate surface area is 131 Å². The minimum absolute atomic E-state index is 0.0923. The van der Waals surface area contributed by atoms with Crippen LogP contribution in [0.15, 0.2) is 16.5 Å². The summed E-state index contributed by atoms with van der Waals surface area (Å²) < 4.78 is 19.2. The van der Waals surface area contributed by atoms with Crippen LogP contribution in [0.1, 0.15) is 40.7 Å². The Balaban J connectivity index is 2.24. The Morgan fingerprint density at radius 1 is 1.38 bits per heavy atom. The predicted octanol–water partition coefficient (Wildman–Crippen LogP) is 4.23. The highest BCUT2D eigenvalue weighted by Gasteiger charge is 2.21. The maximum atomic E-state index is 14.0. The molecule has 2 rings (SSSR count). The van der Waals surface area contributed by atoms with E-state index in [0.717, 1.165) is 0 Å². The van der Waals surface area contributed by atoms with Gasteiger partial charge in [-0.15, -0.1) is 0 Å². The highest BCUT2D eigenvalue weighted by molar-refractivity contribution is 6.34. The van der Waals surface area contributed by atoms with Crippen LogP contribution in [-0.2, 0) is 0 Å². The van der Waals surface area contributed by atoms with E-state index in [9.17, 15) is 9.18 Å². The number of nitrogens with one attached hydrogen (secondary N) is 1. The van der Waals surface area contributed by atoms with E-state index in [4.69, 9.17) is 27.6 Å². The van der Waals surface area contributed by atoms with Gasteiger partial charge in [-0.3, -0.25) is 4.79 Å². The minimum atomic E-state index is -0.626. The van der Waals surface area contributed by atoms with E-state index in [1.54, 1.807) is 20.8 Å². The molecule has 1 N–H and O–H groups in total. The summed E-state index contributed by atoms with van der Waals surface area (Å²) in [6.07, 6.45) is 0. The number of benzene rings is 1. The molecule has 1 aromatic heterocycles. The Morgan fingerprint density at radius 3 is 2.62 bits per heavy atom. The van der Waals surface area contributed by atoms with Gasteiger partial charge in [0, 0.05) is 17.5 Å². The fraction of sp³-hybridized carbons (Fsp3) is 0.286. The molecule has 1 atom stereocenters. The second-order valence-electron chi connectivity index (χ2n) is 4.63. The van der Waals surface area contributed by atoms with Crippen molar-refractivity contribution >= 4 is 29.1 Å². The Morgan fingerprint density at radius 2 is 2.05 bits per heavy atom. The van der Waals surface area contributed by atoms with Crippen molar-refractivity contribution in [1.29, 1.82) is 0 Å². The number of amides is 1. The quantitative estimate of drug-likeness (QED) is 0.857. The molecule has 1 aromatic carbocycles. The van der Waals surface area contributed by atoms with Crippen LogP contribution in [0.25, 0.3) is 0 Å². The molecule has 0 saturated carbocycles. The summed E-state index contributed by atoms with van der Waals surface area (Å²) in [6, 6.07) is 2.10. The largest absolute Gasteiger partial charge is 0.436 e. The number of rotatable bonds is 3. The van der Waals surface area contributed by atoms with Crippen molar-refractivity contribution in [3.8, 4) is 0 Å². The minimum Gasteiger partial charge on any atom is -0.436 e. The average Bonchev–Trinajstić information content (AvgIpc) is 2.72. The molecule has 0 fully saturated rings. The van der Waals surface area contributed by atoms with Crippen LogP contribution < -0.4 is 5.32 Å². The number of hydrogen-bond donors (Lipinski definition) is 1. The third-order valence-electron chi connectivity index (χ3n) is 2.94. The van der Waals surface area contributed by atoms with Gasteiger partial charge >= 0.3 is 0 Å². The van der Waals surface area contributed by atoms with Gasteiger partial charge in [0.2, 0.25) is 5.76 Å². The molecule has 0 aliphatic rings. The molecule has 7 heteroatoms. The standard InChI is InChI=1S/C14H13Cl2FN2O2/c1-6(10-4-9(15)5-11(16)12(10)17)19-14(20)13-7(2)18-8(3)21-13/h4-6H,1-3H3,(H,19,20)/t6-/m0/s1. The van der Waals surface area contributed by atoms with Crippen LogP contribution in [0, 0.1) is 19.7 Å². The molecule has 1 heterocycles. The summed E-state index contributed by atoms with van der Waals surface area (Å²) in [6.45, 7) is 4.93. The number of aromatic nitrogens is 1. The van der Waals surface area contributed by atoms with E-state index < -0.39 is 17.8 Å². The number of halogens is 3. The lowest BCUT2D eigenvalue weighted by Crippen LogP contribution is -2.27. The highest BCUT2D eigenvalue weighted by Crippen LogP contribution is 2.28. The van der Waals surface area contributed by atoms with E-state index >= 15 is 0 Å². The van der Waals surface area contributed by atoms with Crippen molar-refractivity contribution in [3.63, 3.8) is 0 Å². The summed E-state index contributed by atoms with van der Waals surface area (Å²) in [7, 11) is 0. The van der Waals surface area contributed by atoms with E-state index in [0.29, 0.717) is 16.6 Å². The second-order valence-corrected chi connectivity index (χ2v) is 5.48. The highest BCUT2D eigenvalue weighted by atomic mass is 35.5. The van der Waals surface area contributed by atoms with Crippen molar-refractivity contribution < 1.29 is 13.6 Å². The van der Waals surface area contributed by atoms with Crippen molar-refractivity contribution in [1.82, 2.24) is 10.3 Å². The summed E-state index contributed by atoms with van der Waals surface area (Å²) >= 11 is 11.6. The molecule has 0 aliphatic heterocycles. The van der Waals surface area contributed by atoms with Gasteiger partial charge in [0.05, 0.1) is 16.8 Å². The molecular formula is C14H13Cl2FN2O2. The lowest BCUT2D eigenvalue weighted by Gasteiger charge is -2.15. The average molecular weight is 331 g/mol. The number of carbonyl (C=O) groups is 1. The van der Waals surface area contributed by atoms with E-state index in [2.05, 4.69) is 10.3 Å². The summed E-state index contributed by atoms with van der Waals surface area (Å²) in [4.78, 5) is 16.1. The normalized spacial score (nSPS) is 12.3. The van der Waals surface area contributed by atoms with Gasteiger partial charge in [-0.2, -0.15) is 0 Å². The molecule has 1 amide bonds. The Bertz CT molecular complexity index is 701. The maximum Gasteiger partial charge on any atom is 0.289 e. The molecule has 4 nitrogen and oxygen atoms in total. The van der Waals surface area contributed by atoms with Crippen LogP contribution in [0.5, 0.6) is 0 Å². The molecule has 0 saturated heterocycles. The first-order chi connectivity index (χ1) is 9.79. The van der Waals surface area contributed by atoms with Crippen LogP contribution in [-0.4, -0.2) is 10.9 Å². The van der Waals surface area contributed by atoms with Gasteiger partial charge in [-0.1, -0.05) is 23.2 Å². The molecule has 0 bridgehead atoms. The number of hydrogen-bond acceptors (Lipinski definition) is 3. The lowest BCUT2D eigenvalue weighted by molar-refractivity contribution is 0.0909. The topological polar surface area (TPSA) is 55.1 Å². The Hall–Kier alpha value is -1.59. The van der Waals surface area contributed by atoms with Crippen LogP contribution >= 0.6 is 23.2 Å². The summed E-state index contributed by atoms with van der Waals surface area (Å²) in [5.74, 6) is -0.592. The number of aryl methyl sites for hydroxylation is 2. The van der Waals surface area contributed by atoms with Gasteiger partial charge in [0.15, 0.2) is 5.89 Å². The smallest absolute Gasteiger partial charge is 0.289 e. The van der Waals surface area contributed by atoms with E-state index in [1.165, 1.54) is 12.1 Å². The van der Waals surface area contributed by atoms with Crippen LogP contribution in [0.4, 0.5) is 4.39 Å². The Kier molecular flexibility index (Phi) is 4.54. The zero-order valence-corrected chi connectivity index (χ0v) is 13.1. The predicted molar refractivity (Wildman–Crippen MR) is 78.3 cm³/mol. The van der Waals surface area contributed by atoms with Crippen LogP contribution in [0.3, 0.4) is 0 Å². The van der Waals surface area contributed by atoms with Crippen molar-refractivity contribution in [2.75, 3.05) is 0 Å². The summed E-state index contributed by atoms with van der Waals surface area (Å²) in [5, 5.41) is 2.84. The van der Waals surface area contributed by atoms with Crippen LogP contribution in [0.2, 0.25) is 10.0 Å². The fourth-order valence-electron chi connectivity index (χ4n) is 1.97. The van der Waals surface area contributed by atoms with E-state index in [1.807, 2.05) is 0 Å². The van der Waals surface area contributed by atoms with E-state index in [-0.39, 0.29) is 16.3 Å². The fourth-order valence-corrected chi connectivity index (χ4v) is 2.48. The zero-order chi connectivity index (χ0) is 15.7. The molecule has 21 heavy (non-hydrogen) atoms. The lowest BCUT2D eigenvalue weighted by atomic mass is 10.1. The molecule has 0 radical (unpaired) electrons. The monoisotopic (exact) mass is 330 g/mol. The first-order valence-electron chi connectivity index (χ1n) is 6.19. The van der Waals surface area contributed by atoms with Gasteiger partial charge in [0.25, 0.3) is 5.91 Å². The number of nitrogens with zero attached hydrogens (tertiary/aromatic N) is 1. The third kappa shape index (κ3) is 3.36. The second kappa shape index (κ2) is 6.03. The van der Waals surface area contributed by atoms with Gasteiger partial charge in [-0.25, -0.2) is 9.37 Å². The first-order valence-corrected chi connectivity index (χ1v) is 6.94. The molecule has 0 unspecified atom stereocenters. The van der Waals surface area contributed by atoms with Crippen molar-refractivity contribution in [2.45, 2.75) is 26.8 Å². The third-order valence-corrected chi connectivity index (χ3v) is 3.44. The maximum absolute atomic E-state index is 14.0. The first kappa shape index (κ1) is 15.8. The summed E-state index contributed by atoms with van der Waals surface area (Å²) in [5.41, 5.74) is 0.677. The number of oxazole rings is 1. The van der Waals surface area contributed by atoms with Gasteiger partial charge < -0.3 is 9.73 Å². The van der Waals surface area contributed by atoms with Crippen molar-refractivity contribution in [2.24, 2.45) is 0 Å². The molecule has 0 spiro atoms. The van der Waals surface area contributed by atoms with Crippen molar-refractivity contribution in [3.05, 3.63) is 50.9 Å². The number of carbonyl (C=O) groups excluding carboxylic acids is 1. The van der Waals surface area contributed by atoms with Gasteiger partial charge in [-0.05, 0) is 26.0 Å². The zero-order valence-electron chi connectivity index (χ0n) is 11.6. The molecular weight excluding hydrogens is 318 g/mol.